The Labute approximate surface area is 181 Å². The molecule has 1 fully saturated rings. The fraction of sp³-hybridized carbons (Fsp3) is 0.583. The standard InChI is InChI=1S/C24H37N5O/c1-5-26-23(28-16-21-10-7-13-30-22(21)24(2,3)4)27-15-19-8-6-9-20(14-19)17-29-12-11-25-18-29/h6,8-9,11-12,14,18,21-22H,5,7,10,13,15-17H2,1-4H3,(H2,26,27,28). The van der Waals surface area contributed by atoms with Crippen molar-refractivity contribution in [2.24, 2.45) is 16.3 Å². The van der Waals surface area contributed by atoms with Crippen LogP contribution in [0, 0.1) is 11.3 Å². The largest absolute Gasteiger partial charge is 0.377 e. The van der Waals surface area contributed by atoms with Gasteiger partial charge in [0.25, 0.3) is 0 Å². The quantitative estimate of drug-likeness (QED) is 0.537. The third-order valence-corrected chi connectivity index (χ3v) is 5.51. The molecule has 30 heavy (non-hydrogen) atoms. The van der Waals surface area contributed by atoms with E-state index in [1.807, 2.05) is 18.7 Å². The Morgan fingerprint density at radius 2 is 2.10 bits per heavy atom. The van der Waals surface area contributed by atoms with Crippen LogP contribution in [0.25, 0.3) is 0 Å². The molecular formula is C24H37N5O. The van der Waals surface area contributed by atoms with E-state index in [2.05, 4.69) is 72.1 Å². The predicted molar refractivity (Wildman–Crippen MR) is 123 cm³/mol. The number of rotatable bonds is 7. The number of imidazole rings is 1. The number of guanidine groups is 1. The van der Waals surface area contributed by atoms with Crippen LogP contribution in [0.1, 0.15) is 51.7 Å². The van der Waals surface area contributed by atoms with E-state index in [4.69, 9.17) is 9.73 Å². The molecule has 164 valence electrons. The molecule has 1 aromatic carbocycles. The van der Waals surface area contributed by atoms with Crippen molar-refractivity contribution >= 4 is 5.96 Å². The SMILES string of the molecule is CCNC(=NCc1cccc(Cn2ccnc2)c1)NCC1CCCOC1C(C)(C)C. The Bertz CT molecular complexity index is 794. The maximum Gasteiger partial charge on any atom is 0.191 e. The Kier molecular flexibility index (Phi) is 7.91. The molecule has 0 saturated carbocycles. The average Bonchev–Trinajstić information content (AvgIpc) is 3.23. The zero-order chi connectivity index (χ0) is 21.4. The molecule has 1 saturated heterocycles. The lowest BCUT2D eigenvalue weighted by Gasteiger charge is -2.40. The smallest absolute Gasteiger partial charge is 0.191 e. The molecule has 1 aliphatic rings. The molecule has 1 aliphatic heterocycles. The van der Waals surface area contributed by atoms with Crippen molar-refractivity contribution in [3.05, 3.63) is 54.1 Å². The van der Waals surface area contributed by atoms with Crippen LogP contribution in [0.2, 0.25) is 0 Å². The molecular weight excluding hydrogens is 374 g/mol. The van der Waals surface area contributed by atoms with Gasteiger partial charge in [-0.2, -0.15) is 0 Å². The molecule has 2 unspecified atom stereocenters. The van der Waals surface area contributed by atoms with Gasteiger partial charge in [-0.15, -0.1) is 0 Å². The first-order valence-corrected chi connectivity index (χ1v) is 11.1. The van der Waals surface area contributed by atoms with Crippen molar-refractivity contribution in [1.82, 2.24) is 20.2 Å². The third-order valence-electron chi connectivity index (χ3n) is 5.51. The topological polar surface area (TPSA) is 63.5 Å². The molecule has 0 spiro atoms. The van der Waals surface area contributed by atoms with Crippen molar-refractivity contribution in [3.63, 3.8) is 0 Å². The van der Waals surface area contributed by atoms with Gasteiger partial charge in [0, 0.05) is 44.6 Å². The van der Waals surface area contributed by atoms with Crippen LogP contribution < -0.4 is 10.6 Å². The molecule has 0 bridgehead atoms. The van der Waals surface area contributed by atoms with Crippen molar-refractivity contribution in [2.75, 3.05) is 19.7 Å². The van der Waals surface area contributed by atoms with Gasteiger partial charge in [-0.05, 0) is 36.3 Å². The average molecular weight is 412 g/mol. The second-order valence-corrected chi connectivity index (χ2v) is 9.19. The van der Waals surface area contributed by atoms with E-state index < -0.39 is 0 Å². The number of aromatic nitrogens is 2. The van der Waals surface area contributed by atoms with Gasteiger partial charge in [0.2, 0.25) is 0 Å². The second kappa shape index (κ2) is 10.6. The van der Waals surface area contributed by atoms with E-state index in [1.165, 1.54) is 17.5 Å². The van der Waals surface area contributed by atoms with Crippen molar-refractivity contribution in [3.8, 4) is 0 Å². The number of nitrogens with zero attached hydrogens (tertiary/aromatic N) is 3. The minimum atomic E-state index is 0.151. The molecule has 0 aliphatic carbocycles. The van der Waals surface area contributed by atoms with Crippen LogP contribution in [0.4, 0.5) is 0 Å². The molecule has 2 aromatic rings. The second-order valence-electron chi connectivity index (χ2n) is 9.19. The Hall–Kier alpha value is -2.34. The predicted octanol–water partition coefficient (Wildman–Crippen LogP) is 3.83. The zero-order valence-corrected chi connectivity index (χ0v) is 18.9. The van der Waals surface area contributed by atoms with E-state index in [0.29, 0.717) is 12.5 Å². The highest BCUT2D eigenvalue weighted by Crippen LogP contribution is 2.33. The first-order chi connectivity index (χ1) is 14.5. The van der Waals surface area contributed by atoms with Gasteiger partial charge < -0.3 is 19.9 Å². The van der Waals surface area contributed by atoms with Gasteiger partial charge in [0.05, 0.1) is 19.0 Å². The summed E-state index contributed by atoms with van der Waals surface area (Å²) in [7, 11) is 0. The summed E-state index contributed by atoms with van der Waals surface area (Å²) >= 11 is 0. The molecule has 6 nitrogen and oxygen atoms in total. The summed E-state index contributed by atoms with van der Waals surface area (Å²) in [6.45, 7) is 13.0. The highest BCUT2D eigenvalue weighted by molar-refractivity contribution is 5.79. The lowest BCUT2D eigenvalue weighted by Crippen LogP contribution is -2.47. The van der Waals surface area contributed by atoms with Crippen LogP contribution in [-0.2, 0) is 17.8 Å². The van der Waals surface area contributed by atoms with E-state index in [0.717, 1.165) is 38.6 Å². The van der Waals surface area contributed by atoms with Crippen molar-refractivity contribution in [1.29, 1.82) is 0 Å². The third kappa shape index (κ3) is 6.59. The van der Waals surface area contributed by atoms with Gasteiger partial charge >= 0.3 is 0 Å². The maximum atomic E-state index is 6.13. The molecule has 2 atom stereocenters. The number of ether oxygens (including phenoxy) is 1. The number of hydrogen-bond donors (Lipinski definition) is 2. The lowest BCUT2D eigenvalue weighted by atomic mass is 9.78. The van der Waals surface area contributed by atoms with E-state index in [1.54, 1.807) is 0 Å². The number of hydrogen-bond acceptors (Lipinski definition) is 3. The van der Waals surface area contributed by atoms with Crippen LogP contribution in [0.15, 0.2) is 48.0 Å². The van der Waals surface area contributed by atoms with Gasteiger partial charge in [0.1, 0.15) is 0 Å². The van der Waals surface area contributed by atoms with Crippen LogP contribution in [-0.4, -0.2) is 41.3 Å². The molecule has 3 rings (SSSR count). The first-order valence-electron chi connectivity index (χ1n) is 11.1. The van der Waals surface area contributed by atoms with Gasteiger partial charge in [-0.3, -0.25) is 0 Å². The van der Waals surface area contributed by atoms with E-state index in [9.17, 15) is 0 Å². The lowest BCUT2D eigenvalue weighted by molar-refractivity contribution is -0.0835. The van der Waals surface area contributed by atoms with Gasteiger partial charge in [-0.25, -0.2) is 9.98 Å². The fourth-order valence-corrected chi connectivity index (χ4v) is 4.17. The van der Waals surface area contributed by atoms with E-state index in [-0.39, 0.29) is 11.5 Å². The molecule has 1 aromatic heterocycles. The maximum absolute atomic E-state index is 6.13. The highest BCUT2D eigenvalue weighted by Gasteiger charge is 2.35. The summed E-state index contributed by atoms with van der Waals surface area (Å²) in [5, 5.41) is 6.94. The minimum absolute atomic E-state index is 0.151. The Morgan fingerprint density at radius 1 is 1.27 bits per heavy atom. The summed E-state index contributed by atoms with van der Waals surface area (Å²) in [6, 6.07) is 8.60. The van der Waals surface area contributed by atoms with E-state index >= 15 is 0 Å². The number of nitrogens with one attached hydrogen (secondary N) is 2. The zero-order valence-electron chi connectivity index (χ0n) is 18.9. The van der Waals surface area contributed by atoms with Crippen LogP contribution in [0.5, 0.6) is 0 Å². The normalized spacial score (nSPS) is 20.2. The summed E-state index contributed by atoms with van der Waals surface area (Å²) in [4.78, 5) is 8.94. The first kappa shape index (κ1) is 22.3. The minimum Gasteiger partial charge on any atom is -0.377 e. The van der Waals surface area contributed by atoms with Crippen molar-refractivity contribution in [2.45, 2.75) is 59.7 Å². The van der Waals surface area contributed by atoms with Crippen molar-refractivity contribution < 1.29 is 4.74 Å². The molecule has 0 amide bonds. The Balaban J connectivity index is 1.60. The summed E-state index contributed by atoms with van der Waals surface area (Å²) in [5.74, 6) is 1.37. The molecule has 0 radical (unpaired) electrons. The molecule has 6 heteroatoms. The number of aliphatic imine (C=N–C) groups is 1. The highest BCUT2D eigenvalue weighted by atomic mass is 16.5. The molecule has 2 heterocycles. The van der Waals surface area contributed by atoms with Crippen LogP contribution in [0.3, 0.4) is 0 Å². The fourth-order valence-electron chi connectivity index (χ4n) is 4.17. The number of benzene rings is 1. The molecule has 2 N–H and O–H groups in total. The van der Waals surface area contributed by atoms with Gasteiger partial charge in [0.15, 0.2) is 5.96 Å². The van der Waals surface area contributed by atoms with Gasteiger partial charge in [-0.1, -0.05) is 45.0 Å². The Morgan fingerprint density at radius 3 is 2.83 bits per heavy atom. The monoisotopic (exact) mass is 411 g/mol. The van der Waals surface area contributed by atoms with Crippen LogP contribution >= 0.6 is 0 Å². The summed E-state index contributed by atoms with van der Waals surface area (Å²) in [5.41, 5.74) is 2.61. The summed E-state index contributed by atoms with van der Waals surface area (Å²) in [6.07, 6.45) is 8.25. The summed E-state index contributed by atoms with van der Waals surface area (Å²) < 4.78 is 8.20.